The van der Waals surface area contributed by atoms with Crippen molar-refractivity contribution in [1.82, 2.24) is 4.98 Å². The summed E-state index contributed by atoms with van der Waals surface area (Å²) in [6.07, 6.45) is 1.33. The highest BCUT2D eigenvalue weighted by atomic mass is 79.9. The van der Waals surface area contributed by atoms with Crippen molar-refractivity contribution < 1.29 is 9.53 Å². The minimum atomic E-state index is -0.349. The molecule has 17 heavy (non-hydrogen) atoms. The molecule has 88 valence electrons. The molecule has 0 aliphatic carbocycles. The molecule has 0 N–H and O–H groups in total. The Bertz CT molecular complexity index is 512. The molecule has 0 fully saturated rings. The highest BCUT2D eigenvalue weighted by molar-refractivity contribution is 9.10. The number of rotatable bonds is 3. The summed E-state index contributed by atoms with van der Waals surface area (Å²) < 4.78 is 6.11. The van der Waals surface area contributed by atoms with Gasteiger partial charge in [-0.05, 0) is 46.4 Å². The molecule has 0 aromatic carbocycles. The SMILES string of the molecule is C[C@H](OC(=O)c1sccc1Br)c1ccccn1. The van der Waals surface area contributed by atoms with Crippen LogP contribution in [0.15, 0.2) is 40.3 Å². The molecule has 2 aromatic rings. The minimum absolute atomic E-state index is 0.329. The lowest BCUT2D eigenvalue weighted by molar-refractivity contribution is 0.0334. The summed E-state index contributed by atoms with van der Waals surface area (Å²) in [6, 6.07) is 7.36. The molecular formula is C12H10BrNO2S. The first-order valence-corrected chi connectivity index (χ1v) is 6.70. The number of aromatic nitrogens is 1. The smallest absolute Gasteiger partial charge is 0.350 e. The van der Waals surface area contributed by atoms with Crippen LogP contribution in [-0.2, 0) is 4.74 Å². The van der Waals surface area contributed by atoms with Crippen LogP contribution in [-0.4, -0.2) is 11.0 Å². The van der Waals surface area contributed by atoms with Crippen LogP contribution >= 0.6 is 27.3 Å². The van der Waals surface area contributed by atoms with Crippen molar-refractivity contribution in [2.45, 2.75) is 13.0 Å². The lowest BCUT2D eigenvalue weighted by Gasteiger charge is -2.11. The number of carbonyl (C=O) groups is 1. The normalized spacial score (nSPS) is 12.1. The molecule has 0 saturated heterocycles. The predicted molar refractivity (Wildman–Crippen MR) is 70.1 cm³/mol. The summed E-state index contributed by atoms with van der Waals surface area (Å²) in [7, 11) is 0. The van der Waals surface area contributed by atoms with E-state index < -0.39 is 0 Å². The van der Waals surface area contributed by atoms with Crippen molar-refractivity contribution in [1.29, 1.82) is 0 Å². The summed E-state index contributed by atoms with van der Waals surface area (Å²) in [6.45, 7) is 1.81. The second kappa shape index (κ2) is 5.42. The monoisotopic (exact) mass is 311 g/mol. The standard InChI is InChI=1S/C12H10BrNO2S/c1-8(10-4-2-3-6-14-10)16-12(15)11-9(13)5-7-17-11/h2-8H,1H3/t8-/m0/s1. The Morgan fingerprint density at radius 3 is 2.88 bits per heavy atom. The summed E-state index contributed by atoms with van der Waals surface area (Å²) in [5, 5.41) is 1.84. The molecule has 1 atom stereocenters. The fourth-order valence-electron chi connectivity index (χ4n) is 1.33. The fourth-order valence-corrected chi connectivity index (χ4v) is 2.74. The van der Waals surface area contributed by atoms with Gasteiger partial charge in [-0.15, -0.1) is 11.3 Å². The van der Waals surface area contributed by atoms with E-state index in [2.05, 4.69) is 20.9 Å². The molecule has 5 heteroatoms. The molecule has 2 heterocycles. The number of thiophene rings is 1. The zero-order chi connectivity index (χ0) is 12.3. The Hall–Kier alpha value is -1.20. The van der Waals surface area contributed by atoms with Gasteiger partial charge in [0.2, 0.25) is 0 Å². The Labute approximate surface area is 112 Å². The Morgan fingerprint density at radius 1 is 1.47 bits per heavy atom. The van der Waals surface area contributed by atoms with Crippen molar-refractivity contribution >= 4 is 33.2 Å². The summed E-state index contributed by atoms with van der Waals surface area (Å²) in [4.78, 5) is 16.6. The van der Waals surface area contributed by atoms with E-state index in [-0.39, 0.29) is 12.1 Å². The highest BCUT2D eigenvalue weighted by Gasteiger charge is 2.17. The van der Waals surface area contributed by atoms with Gasteiger partial charge in [0.25, 0.3) is 0 Å². The summed E-state index contributed by atoms with van der Waals surface area (Å²) >= 11 is 4.66. The van der Waals surface area contributed by atoms with E-state index in [0.717, 1.165) is 10.2 Å². The van der Waals surface area contributed by atoms with Crippen LogP contribution in [0.25, 0.3) is 0 Å². The third-order valence-electron chi connectivity index (χ3n) is 2.19. The number of hydrogen-bond donors (Lipinski definition) is 0. The maximum atomic E-state index is 11.8. The van der Waals surface area contributed by atoms with Gasteiger partial charge in [0.1, 0.15) is 11.0 Å². The number of hydrogen-bond acceptors (Lipinski definition) is 4. The van der Waals surface area contributed by atoms with Crippen molar-refractivity contribution in [2.75, 3.05) is 0 Å². The third kappa shape index (κ3) is 2.92. The Morgan fingerprint density at radius 2 is 2.29 bits per heavy atom. The van der Waals surface area contributed by atoms with Gasteiger partial charge < -0.3 is 4.74 Å². The number of nitrogens with zero attached hydrogens (tertiary/aromatic N) is 1. The van der Waals surface area contributed by atoms with Gasteiger partial charge in [-0.1, -0.05) is 6.07 Å². The first-order valence-electron chi connectivity index (χ1n) is 5.03. The van der Waals surface area contributed by atoms with Crippen molar-refractivity contribution in [2.24, 2.45) is 0 Å². The highest BCUT2D eigenvalue weighted by Crippen LogP contribution is 2.25. The molecule has 0 unspecified atom stereocenters. The van der Waals surface area contributed by atoms with Crippen LogP contribution in [0.1, 0.15) is 28.4 Å². The number of pyridine rings is 1. The topological polar surface area (TPSA) is 39.2 Å². The van der Waals surface area contributed by atoms with E-state index in [1.54, 1.807) is 6.20 Å². The van der Waals surface area contributed by atoms with Crippen LogP contribution in [0.5, 0.6) is 0 Å². The van der Waals surface area contributed by atoms with Crippen LogP contribution in [0.4, 0.5) is 0 Å². The second-order valence-corrected chi connectivity index (χ2v) is 5.17. The molecule has 0 amide bonds. The van der Waals surface area contributed by atoms with Gasteiger partial charge >= 0.3 is 5.97 Å². The van der Waals surface area contributed by atoms with Crippen molar-refractivity contribution in [3.63, 3.8) is 0 Å². The zero-order valence-corrected chi connectivity index (χ0v) is 11.5. The third-order valence-corrected chi connectivity index (χ3v) is 4.01. The average molecular weight is 312 g/mol. The van der Waals surface area contributed by atoms with Crippen molar-refractivity contribution in [3.8, 4) is 0 Å². The number of esters is 1. The van der Waals surface area contributed by atoms with E-state index in [9.17, 15) is 4.79 Å². The second-order valence-electron chi connectivity index (χ2n) is 3.40. The van der Waals surface area contributed by atoms with E-state index in [1.165, 1.54) is 11.3 Å². The first-order chi connectivity index (χ1) is 8.18. The number of halogens is 1. The maximum absolute atomic E-state index is 11.8. The molecule has 3 nitrogen and oxygen atoms in total. The van der Waals surface area contributed by atoms with Gasteiger partial charge in [0.05, 0.1) is 5.69 Å². The average Bonchev–Trinajstić information content (AvgIpc) is 2.76. The molecule has 0 bridgehead atoms. The Balaban J connectivity index is 2.08. The lowest BCUT2D eigenvalue weighted by atomic mass is 10.2. The Kier molecular flexibility index (Phi) is 3.91. The van der Waals surface area contributed by atoms with E-state index in [0.29, 0.717) is 4.88 Å². The molecule has 0 saturated carbocycles. The van der Waals surface area contributed by atoms with E-state index in [4.69, 9.17) is 4.74 Å². The molecule has 2 rings (SSSR count). The molecular weight excluding hydrogens is 302 g/mol. The number of ether oxygens (including phenoxy) is 1. The lowest BCUT2D eigenvalue weighted by Crippen LogP contribution is -2.09. The van der Waals surface area contributed by atoms with Gasteiger partial charge in [0, 0.05) is 10.7 Å². The molecule has 2 aromatic heterocycles. The molecule has 0 radical (unpaired) electrons. The van der Waals surface area contributed by atoms with Gasteiger partial charge in [-0.25, -0.2) is 4.79 Å². The van der Waals surface area contributed by atoms with Crippen LogP contribution in [0.2, 0.25) is 0 Å². The van der Waals surface area contributed by atoms with Crippen LogP contribution in [0, 0.1) is 0 Å². The zero-order valence-electron chi connectivity index (χ0n) is 9.09. The minimum Gasteiger partial charge on any atom is -0.452 e. The van der Waals surface area contributed by atoms with Gasteiger partial charge in [-0.3, -0.25) is 4.98 Å². The fraction of sp³-hybridized carbons (Fsp3) is 0.167. The van der Waals surface area contributed by atoms with E-state index in [1.807, 2.05) is 36.6 Å². The maximum Gasteiger partial charge on any atom is 0.350 e. The molecule has 0 spiro atoms. The predicted octanol–water partition coefficient (Wildman–Crippen LogP) is 3.82. The summed E-state index contributed by atoms with van der Waals surface area (Å²) in [5.41, 5.74) is 0.744. The summed E-state index contributed by atoms with van der Waals surface area (Å²) in [5.74, 6) is -0.329. The molecule has 0 aliphatic rings. The largest absolute Gasteiger partial charge is 0.452 e. The number of carbonyl (C=O) groups excluding carboxylic acids is 1. The first kappa shape index (κ1) is 12.3. The van der Waals surface area contributed by atoms with Gasteiger partial charge in [-0.2, -0.15) is 0 Å². The van der Waals surface area contributed by atoms with E-state index >= 15 is 0 Å². The van der Waals surface area contributed by atoms with Gasteiger partial charge in [0.15, 0.2) is 0 Å². The quantitative estimate of drug-likeness (QED) is 0.809. The van der Waals surface area contributed by atoms with Crippen LogP contribution in [0.3, 0.4) is 0 Å². The van der Waals surface area contributed by atoms with Crippen molar-refractivity contribution in [3.05, 3.63) is 50.9 Å². The van der Waals surface area contributed by atoms with Crippen LogP contribution < -0.4 is 0 Å². The molecule has 0 aliphatic heterocycles.